The standard InChI is InChI=1S/C13H15ClF2O2S/c1-7(2)6-19-11-8(3)9(12(17)18)4-5-10(11)13(14,15)16/h4-5,7H,6H2,1-3H3,(H,17,18). The molecule has 1 aromatic carbocycles. The smallest absolute Gasteiger partial charge is 0.349 e. The van der Waals surface area contributed by atoms with Gasteiger partial charge in [-0.25, -0.2) is 4.79 Å². The zero-order valence-electron chi connectivity index (χ0n) is 10.8. The number of carbonyl (C=O) groups is 1. The molecule has 0 atom stereocenters. The molecule has 0 fully saturated rings. The Morgan fingerprint density at radius 3 is 2.47 bits per heavy atom. The lowest BCUT2D eigenvalue weighted by atomic mass is 10.0. The summed E-state index contributed by atoms with van der Waals surface area (Å²) in [4.78, 5) is 11.3. The molecule has 1 rings (SSSR count). The lowest BCUT2D eigenvalue weighted by molar-refractivity contribution is 0.0693. The first-order valence-corrected chi connectivity index (χ1v) is 7.07. The number of carboxylic acid groups (broad SMARTS) is 1. The van der Waals surface area contributed by atoms with Crippen LogP contribution < -0.4 is 0 Å². The van der Waals surface area contributed by atoms with Crippen LogP contribution in [0.3, 0.4) is 0 Å². The predicted octanol–water partition coefficient (Wildman–Crippen LogP) is 4.73. The van der Waals surface area contributed by atoms with Gasteiger partial charge in [0.25, 0.3) is 0 Å². The largest absolute Gasteiger partial charge is 0.478 e. The summed E-state index contributed by atoms with van der Waals surface area (Å²) in [7, 11) is 0. The molecule has 0 aliphatic rings. The number of aromatic carboxylic acids is 1. The highest BCUT2D eigenvalue weighted by molar-refractivity contribution is 7.99. The SMILES string of the molecule is Cc1c(C(=O)O)ccc(C(F)(F)Cl)c1SCC(C)C. The first kappa shape index (κ1) is 16.2. The van der Waals surface area contributed by atoms with Crippen molar-refractivity contribution < 1.29 is 18.7 Å². The van der Waals surface area contributed by atoms with Gasteiger partial charge in [-0.05, 0) is 42.1 Å². The minimum atomic E-state index is -3.50. The van der Waals surface area contributed by atoms with Gasteiger partial charge in [-0.15, -0.1) is 11.8 Å². The number of hydrogen-bond acceptors (Lipinski definition) is 2. The van der Waals surface area contributed by atoms with Crippen LogP contribution in [-0.4, -0.2) is 16.8 Å². The molecular weight excluding hydrogens is 294 g/mol. The molecule has 0 unspecified atom stereocenters. The van der Waals surface area contributed by atoms with Crippen molar-refractivity contribution in [3.8, 4) is 0 Å². The number of carboxylic acids is 1. The molecule has 0 spiro atoms. The molecule has 0 aliphatic carbocycles. The van der Waals surface area contributed by atoms with Crippen LogP contribution in [0.25, 0.3) is 0 Å². The van der Waals surface area contributed by atoms with Crippen molar-refractivity contribution in [2.45, 2.75) is 31.0 Å². The molecule has 0 aliphatic heterocycles. The summed E-state index contributed by atoms with van der Waals surface area (Å²) in [5.41, 5.74) is 0.0224. The fourth-order valence-corrected chi connectivity index (χ4v) is 2.97. The molecule has 0 radical (unpaired) electrons. The number of hydrogen-bond donors (Lipinski definition) is 1. The van der Waals surface area contributed by atoms with Gasteiger partial charge < -0.3 is 5.11 Å². The monoisotopic (exact) mass is 308 g/mol. The number of alkyl halides is 3. The summed E-state index contributed by atoms with van der Waals surface area (Å²) >= 11 is 6.30. The van der Waals surface area contributed by atoms with E-state index in [4.69, 9.17) is 16.7 Å². The van der Waals surface area contributed by atoms with Crippen LogP contribution >= 0.6 is 23.4 Å². The van der Waals surface area contributed by atoms with E-state index in [2.05, 4.69) is 0 Å². The van der Waals surface area contributed by atoms with Crippen molar-refractivity contribution in [2.24, 2.45) is 5.92 Å². The third-order valence-corrected chi connectivity index (χ3v) is 4.35. The Bertz CT molecular complexity index is 484. The summed E-state index contributed by atoms with van der Waals surface area (Å²) in [6, 6.07) is 2.26. The van der Waals surface area contributed by atoms with E-state index in [0.29, 0.717) is 17.2 Å². The summed E-state index contributed by atoms with van der Waals surface area (Å²) in [6.07, 6.45) is 0. The first-order valence-electron chi connectivity index (χ1n) is 5.71. The van der Waals surface area contributed by atoms with E-state index in [1.165, 1.54) is 24.8 Å². The number of thioether (sulfide) groups is 1. The van der Waals surface area contributed by atoms with Crippen molar-refractivity contribution in [2.75, 3.05) is 5.75 Å². The summed E-state index contributed by atoms with van der Waals surface area (Å²) in [5.74, 6) is -0.216. The minimum absolute atomic E-state index is 0.0240. The Morgan fingerprint density at radius 1 is 1.47 bits per heavy atom. The van der Waals surface area contributed by atoms with Gasteiger partial charge >= 0.3 is 11.4 Å². The number of halogens is 3. The fraction of sp³-hybridized carbons (Fsp3) is 0.462. The van der Waals surface area contributed by atoms with Gasteiger partial charge in [0.05, 0.1) is 11.1 Å². The minimum Gasteiger partial charge on any atom is -0.478 e. The number of rotatable bonds is 5. The molecule has 6 heteroatoms. The van der Waals surface area contributed by atoms with Crippen LogP contribution in [0.2, 0.25) is 0 Å². The van der Waals surface area contributed by atoms with Crippen molar-refractivity contribution in [3.63, 3.8) is 0 Å². The van der Waals surface area contributed by atoms with Crippen molar-refractivity contribution in [3.05, 3.63) is 28.8 Å². The van der Waals surface area contributed by atoms with Crippen molar-refractivity contribution in [1.82, 2.24) is 0 Å². The van der Waals surface area contributed by atoms with Gasteiger partial charge in [-0.1, -0.05) is 13.8 Å². The maximum absolute atomic E-state index is 13.4. The second-order valence-corrected chi connectivity index (χ2v) is 6.13. The zero-order valence-corrected chi connectivity index (χ0v) is 12.4. The average molecular weight is 309 g/mol. The molecule has 1 aromatic rings. The molecule has 0 bridgehead atoms. The molecule has 0 aromatic heterocycles. The van der Waals surface area contributed by atoms with E-state index in [-0.39, 0.29) is 16.0 Å². The normalized spacial score (nSPS) is 11.9. The molecule has 0 saturated heterocycles. The summed E-state index contributed by atoms with van der Waals surface area (Å²) < 4.78 is 26.7. The Balaban J connectivity index is 3.33. The van der Waals surface area contributed by atoms with Crippen molar-refractivity contribution >= 4 is 29.3 Å². The molecular formula is C13H15ClF2O2S. The third-order valence-electron chi connectivity index (χ3n) is 2.50. The predicted molar refractivity (Wildman–Crippen MR) is 73.4 cm³/mol. The molecule has 19 heavy (non-hydrogen) atoms. The fourth-order valence-electron chi connectivity index (χ4n) is 1.58. The Labute approximate surface area is 120 Å². The molecule has 0 saturated carbocycles. The van der Waals surface area contributed by atoms with Crippen LogP contribution in [0, 0.1) is 12.8 Å². The highest BCUT2D eigenvalue weighted by Crippen LogP contribution is 2.41. The lowest BCUT2D eigenvalue weighted by Crippen LogP contribution is -2.10. The second-order valence-electron chi connectivity index (χ2n) is 4.62. The van der Waals surface area contributed by atoms with Crippen molar-refractivity contribution in [1.29, 1.82) is 0 Å². The average Bonchev–Trinajstić information content (AvgIpc) is 2.24. The maximum atomic E-state index is 13.4. The molecule has 1 N–H and O–H groups in total. The Hall–Kier alpha value is -0.810. The van der Waals surface area contributed by atoms with Gasteiger partial charge in [0.1, 0.15) is 0 Å². The quantitative estimate of drug-likeness (QED) is 0.631. The van der Waals surface area contributed by atoms with Gasteiger partial charge in [0.2, 0.25) is 0 Å². The molecule has 0 amide bonds. The second kappa shape index (κ2) is 6.09. The summed E-state index contributed by atoms with van der Waals surface area (Å²) in [6.45, 7) is 5.45. The van der Waals surface area contributed by atoms with E-state index >= 15 is 0 Å². The van der Waals surface area contributed by atoms with Gasteiger partial charge in [0.15, 0.2) is 0 Å². The highest BCUT2D eigenvalue weighted by atomic mass is 35.5. The summed E-state index contributed by atoms with van der Waals surface area (Å²) in [5, 5.41) is 5.53. The van der Waals surface area contributed by atoms with Crippen LogP contribution in [-0.2, 0) is 5.38 Å². The Morgan fingerprint density at radius 2 is 2.05 bits per heavy atom. The molecule has 0 heterocycles. The molecule has 106 valence electrons. The van der Waals surface area contributed by atoms with Gasteiger partial charge in [-0.2, -0.15) is 8.78 Å². The number of benzene rings is 1. The highest BCUT2D eigenvalue weighted by Gasteiger charge is 2.32. The first-order chi connectivity index (χ1) is 8.64. The zero-order chi connectivity index (χ0) is 14.8. The van der Waals surface area contributed by atoms with Crippen LogP contribution in [0.15, 0.2) is 17.0 Å². The third kappa shape index (κ3) is 4.08. The van der Waals surface area contributed by atoms with Crippen LogP contribution in [0.4, 0.5) is 8.78 Å². The van der Waals surface area contributed by atoms with Gasteiger partial charge in [-0.3, -0.25) is 0 Å². The van der Waals surface area contributed by atoms with E-state index in [1.54, 1.807) is 0 Å². The topological polar surface area (TPSA) is 37.3 Å². The maximum Gasteiger partial charge on any atom is 0.349 e. The molecule has 2 nitrogen and oxygen atoms in total. The van der Waals surface area contributed by atoms with E-state index in [1.807, 2.05) is 13.8 Å². The van der Waals surface area contributed by atoms with E-state index < -0.39 is 11.4 Å². The Kier molecular flexibility index (Phi) is 5.21. The van der Waals surface area contributed by atoms with Gasteiger partial charge in [0, 0.05) is 10.6 Å². The van der Waals surface area contributed by atoms with Crippen LogP contribution in [0.5, 0.6) is 0 Å². The van der Waals surface area contributed by atoms with E-state index in [9.17, 15) is 13.6 Å². The van der Waals surface area contributed by atoms with E-state index in [0.717, 1.165) is 6.07 Å². The lowest BCUT2D eigenvalue weighted by Gasteiger charge is -2.18. The van der Waals surface area contributed by atoms with Crippen LogP contribution in [0.1, 0.15) is 35.3 Å².